The van der Waals surface area contributed by atoms with Crippen LogP contribution in [0.3, 0.4) is 0 Å². The molecule has 1 saturated heterocycles. The van der Waals surface area contributed by atoms with E-state index in [9.17, 15) is 9.18 Å². The first-order chi connectivity index (χ1) is 15.7. The molecule has 0 aliphatic carbocycles. The number of carbonyl (C=O) groups is 1. The Hall–Kier alpha value is -3.46. The van der Waals surface area contributed by atoms with Crippen molar-refractivity contribution in [2.75, 3.05) is 13.1 Å². The number of nitrogens with zero attached hydrogens (tertiary/aromatic N) is 5. The fraction of sp³-hybridized carbons (Fsp3) is 0.261. The molecule has 7 nitrogen and oxygen atoms in total. The zero-order valence-corrected chi connectivity index (χ0v) is 18.0. The number of hydrogen-bond donors (Lipinski definition) is 0. The average Bonchev–Trinajstić information content (AvgIpc) is 3.51. The molecule has 1 fully saturated rings. The summed E-state index contributed by atoms with van der Waals surface area (Å²) in [6.07, 6.45) is 3.50. The Morgan fingerprint density at radius 3 is 2.66 bits per heavy atom. The van der Waals surface area contributed by atoms with Crippen molar-refractivity contribution in [2.24, 2.45) is 0 Å². The molecular weight excluding hydrogens is 429 g/mol. The number of rotatable bonds is 5. The summed E-state index contributed by atoms with van der Waals surface area (Å²) in [7, 11) is 0. The maximum Gasteiger partial charge on any atom is 0.230 e. The van der Waals surface area contributed by atoms with Crippen LogP contribution in [-0.2, 0) is 11.2 Å². The quantitative estimate of drug-likeness (QED) is 0.451. The Kier molecular flexibility index (Phi) is 5.72. The second-order valence-corrected chi connectivity index (χ2v) is 8.58. The van der Waals surface area contributed by atoms with Crippen LogP contribution >= 0.6 is 11.3 Å². The van der Waals surface area contributed by atoms with Gasteiger partial charge in [0.25, 0.3) is 0 Å². The van der Waals surface area contributed by atoms with Crippen LogP contribution in [0.25, 0.3) is 22.8 Å². The van der Waals surface area contributed by atoms with E-state index < -0.39 is 0 Å². The minimum atomic E-state index is -0.281. The van der Waals surface area contributed by atoms with Crippen LogP contribution in [0.2, 0.25) is 0 Å². The number of amides is 1. The van der Waals surface area contributed by atoms with Crippen LogP contribution in [0.4, 0.5) is 4.39 Å². The Balaban J connectivity index is 1.17. The van der Waals surface area contributed by atoms with Crippen LogP contribution in [0.5, 0.6) is 0 Å². The Labute approximate surface area is 188 Å². The van der Waals surface area contributed by atoms with E-state index in [1.54, 1.807) is 18.3 Å². The van der Waals surface area contributed by atoms with Gasteiger partial charge in [-0.1, -0.05) is 11.2 Å². The monoisotopic (exact) mass is 449 g/mol. The minimum Gasteiger partial charge on any atom is -0.342 e. The topological polar surface area (TPSA) is 85.0 Å². The molecule has 0 N–H and O–H groups in total. The van der Waals surface area contributed by atoms with E-state index in [2.05, 4.69) is 20.1 Å². The molecule has 1 amide bonds. The number of halogens is 1. The molecule has 0 saturated carbocycles. The van der Waals surface area contributed by atoms with Crippen LogP contribution in [-0.4, -0.2) is 44.0 Å². The van der Waals surface area contributed by atoms with Gasteiger partial charge < -0.3 is 9.42 Å². The zero-order chi connectivity index (χ0) is 21.9. The summed E-state index contributed by atoms with van der Waals surface area (Å²) in [5.41, 5.74) is 2.28. The zero-order valence-electron chi connectivity index (χ0n) is 17.1. The molecule has 1 aliphatic heterocycles. The van der Waals surface area contributed by atoms with E-state index in [1.165, 1.54) is 23.5 Å². The highest BCUT2D eigenvalue weighted by Gasteiger charge is 2.28. The molecule has 0 spiro atoms. The number of hydrogen-bond acceptors (Lipinski definition) is 7. The lowest BCUT2D eigenvalue weighted by atomic mass is 9.96. The number of pyridine rings is 1. The number of benzene rings is 1. The highest BCUT2D eigenvalue weighted by molar-refractivity contribution is 7.10. The van der Waals surface area contributed by atoms with Crippen molar-refractivity contribution in [3.05, 3.63) is 70.8 Å². The molecule has 0 unspecified atom stereocenters. The van der Waals surface area contributed by atoms with Crippen molar-refractivity contribution >= 4 is 17.2 Å². The first kappa shape index (κ1) is 20.4. The van der Waals surface area contributed by atoms with Crippen molar-refractivity contribution in [1.29, 1.82) is 0 Å². The molecule has 32 heavy (non-hydrogen) atoms. The number of likely N-dealkylation sites (tertiary alicyclic amines) is 1. The van der Waals surface area contributed by atoms with Crippen LogP contribution < -0.4 is 0 Å². The summed E-state index contributed by atoms with van der Waals surface area (Å²) in [4.78, 5) is 27.9. The lowest BCUT2D eigenvalue weighted by molar-refractivity contribution is -0.131. The van der Waals surface area contributed by atoms with Crippen LogP contribution in [0, 0.1) is 5.82 Å². The maximum absolute atomic E-state index is 13.1. The lowest BCUT2D eigenvalue weighted by Gasteiger charge is -2.30. The van der Waals surface area contributed by atoms with Gasteiger partial charge in [0.05, 0.1) is 12.1 Å². The van der Waals surface area contributed by atoms with E-state index in [0.29, 0.717) is 30.5 Å². The SMILES string of the molecule is O=C(Cc1nc(-c2ccc(F)cc2)cs1)N1CCC(c2nc(-c3ccccn3)no2)CC1. The van der Waals surface area contributed by atoms with Gasteiger partial charge in [-0.2, -0.15) is 4.98 Å². The second kappa shape index (κ2) is 8.96. The van der Waals surface area contributed by atoms with Gasteiger partial charge >= 0.3 is 0 Å². The normalized spacial score (nSPS) is 14.6. The largest absolute Gasteiger partial charge is 0.342 e. The minimum absolute atomic E-state index is 0.0585. The fourth-order valence-corrected chi connectivity index (χ4v) is 4.56. The number of aromatic nitrogens is 4. The summed E-state index contributed by atoms with van der Waals surface area (Å²) in [5.74, 6) is 0.995. The molecule has 9 heteroatoms. The number of piperidine rings is 1. The van der Waals surface area contributed by atoms with Crippen molar-refractivity contribution in [3.63, 3.8) is 0 Å². The van der Waals surface area contributed by atoms with Gasteiger partial charge in [0, 0.05) is 36.1 Å². The van der Waals surface area contributed by atoms with Gasteiger partial charge in [0.1, 0.15) is 16.5 Å². The molecule has 0 radical (unpaired) electrons. The van der Waals surface area contributed by atoms with E-state index in [0.717, 1.165) is 29.1 Å². The van der Waals surface area contributed by atoms with Crippen molar-refractivity contribution in [1.82, 2.24) is 25.0 Å². The molecule has 0 bridgehead atoms. The van der Waals surface area contributed by atoms with Gasteiger partial charge in [0.15, 0.2) is 0 Å². The fourth-order valence-electron chi connectivity index (χ4n) is 3.76. The Bertz CT molecular complexity index is 1200. The first-order valence-corrected chi connectivity index (χ1v) is 11.3. The van der Waals surface area contributed by atoms with Gasteiger partial charge in [-0.3, -0.25) is 9.78 Å². The van der Waals surface area contributed by atoms with Gasteiger partial charge in [-0.25, -0.2) is 9.37 Å². The lowest BCUT2D eigenvalue weighted by Crippen LogP contribution is -2.38. The molecule has 1 aliphatic rings. The number of thiazole rings is 1. The van der Waals surface area contributed by atoms with Crippen molar-refractivity contribution in [3.8, 4) is 22.8 Å². The third-order valence-corrected chi connectivity index (χ3v) is 6.38. The maximum atomic E-state index is 13.1. The first-order valence-electron chi connectivity index (χ1n) is 10.4. The predicted octanol–water partition coefficient (Wildman–Crippen LogP) is 4.34. The van der Waals surface area contributed by atoms with E-state index in [-0.39, 0.29) is 24.1 Å². The smallest absolute Gasteiger partial charge is 0.230 e. The van der Waals surface area contributed by atoms with Gasteiger partial charge in [0.2, 0.25) is 17.6 Å². The van der Waals surface area contributed by atoms with Crippen LogP contribution in [0.15, 0.2) is 58.6 Å². The van der Waals surface area contributed by atoms with E-state index in [1.807, 2.05) is 28.5 Å². The van der Waals surface area contributed by atoms with Crippen molar-refractivity contribution < 1.29 is 13.7 Å². The molecule has 0 atom stereocenters. The summed E-state index contributed by atoms with van der Waals surface area (Å²) >= 11 is 1.45. The highest BCUT2D eigenvalue weighted by Crippen LogP contribution is 2.29. The molecule has 3 aromatic heterocycles. The van der Waals surface area contributed by atoms with Crippen LogP contribution in [0.1, 0.15) is 29.7 Å². The predicted molar refractivity (Wildman–Crippen MR) is 117 cm³/mol. The Morgan fingerprint density at radius 1 is 1.09 bits per heavy atom. The molecule has 4 heterocycles. The third kappa shape index (κ3) is 4.43. The summed E-state index contributed by atoms with van der Waals surface area (Å²) in [6, 6.07) is 11.8. The molecular formula is C23H20FN5O2S. The highest BCUT2D eigenvalue weighted by atomic mass is 32.1. The number of carbonyl (C=O) groups excluding carboxylic acids is 1. The second-order valence-electron chi connectivity index (χ2n) is 7.64. The Morgan fingerprint density at radius 2 is 1.91 bits per heavy atom. The van der Waals surface area contributed by atoms with E-state index in [4.69, 9.17) is 4.52 Å². The van der Waals surface area contributed by atoms with Crippen molar-refractivity contribution in [2.45, 2.75) is 25.2 Å². The van der Waals surface area contributed by atoms with Gasteiger partial charge in [-0.15, -0.1) is 11.3 Å². The molecule has 1 aromatic carbocycles. The molecule has 4 aromatic rings. The van der Waals surface area contributed by atoms with Gasteiger partial charge in [-0.05, 0) is 49.2 Å². The average molecular weight is 450 g/mol. The standard InChI is InChI=1S/C23H20FN5O2S/c24-17-6-4-15(5-7-17)19-14-32-20(26-19)13-21(30)29-11-8-16(9-12-29)23-27-22(28-31-23)18-3-1-2-10-25-18/h1-7,10,14,16H,8-9,11-13H2. The van der Waals surface area contributed by atoms with E-state index >= 15 is 0 Å². The third-order valence-electron chi connectivity index (χ3n) is 5.53. The summed E-state index contributed by atoms with van der Waals surface area (Å²) in [6.45, 7) is 1.28. The summed E-state index contributed by atoms with van der Waals surface area (Å²) in [5, 5.41) is 6.70. The summed E-state index contributed by atoms with van der Waals surface area (Å²) < 4.78 is 18.6. The molecule has 5 rings (SSSR count). The molecule has 162 valence electrons.